The van der Waals surface area contributed by atoms with Gasteiger partial charge in [-0.25, -0.2) is 0 Å². The van der Waals surface area contributed by atoms with E-state index in [-0.39, 0.29) is 17.7 Å². The minimum atomic E-state index is -0.665. The molecular weight excluding hydrogens is 486 g/mol. The fourth-order valence-corrected chi connectivity index (χ4v) is 4.81. The first kappa shape index (κ1) is 27.2. The molecule has 202 valence electrons. The average molecular weight is 522 g/mol. The summed E-state index contributed by atoms with van der Waals surface area (Å²) in [6.07, 6.45) is 0. The maximum atomic E-state index is 13.6. The first-order valence-electron chi connectivity index (χ1n) is 12.7. The molecule has 1 fully saturated rings. The first-order valence-corrected chi connectivity index (χ1v) is 12.7. The van der Waals surface area contributed by atoms with E-state index >= 15 is 0 Å². The van der Waals surface area contributed by atoms with Crippen LogP contribution in [0.2, 0.25) is 0 Å². The molecule has 0 spiro atoms. The SMILES string of the molecule is CCOCc1[nH]c(=O)c(C(=O)N2CCN(Cc3ccccc3C)CC2)c(O)c1-c1c(OC)cccc1OC. The molecule has 3 aromatic rings. The molecule has 2 N–H and O–H groups in total. The van der Waals surface area contributed by atoms with E-state index in [1.165, 1.54) is 25.3 Å². The monoisotopic (exact) mass is 521 g/mol. The summed E-state index contributed by atoms with van der Waals surface area (Å²) in [5, 5.41) is 11.5. The van der Waals surface area contributed by atoms with Crippen molar-refractivity contribution in [1.29, 1.82) is 0 Å². The lowest BCUT2D eigenvalue weighted by molar-refractivity contribution is 0.0623. The van der Waals surface area contributed by atoms with Crippen LogP contribution in [0.3, 0.4) is 0 Å². The summed E-state index contributed by atoms with van der Waals surface area (Å²) in [6.45, 7) is 7.36. The van der Waals surface area contributed by atoms with Crippen molar-refractivity contribution >= 4 is 5.91 Å². The molecule has 0 atom stereocenters. The number of hydrogen-bond donors (Lipinski definition) is 2. The quantitative estimate of drug-likeness (QED) is 0.444. The van der Waals surface area contributed by atoms with Crippen LogP contribution >= 0.6 is 0 Å². The number of pyridine rings is 1. The van der Waals surface area contributed by atoms with Gasteiger partial charge in [-0.2, -0.15) is 0 Å². The molecule has 1 amide bonds. The van der Waals surface area contributed by atoms with Crippen molar-refractivity contribution in [3.63, 3.8) is 0 Å². The number of ether oxygens (including phenoxy) is 3. The second kappa shape index (κ2) is 12.1. The average Bonchev–Trinajstić information content (AvgIpc) is 2.93. The standard InChI is InChI=1S/C29H35N3O6/c1-5-38-18-21-24(25-22(36-3)11-8-12-23(25)37-4)27(33)26(28(34)30-21)29(35)32-15-13-31(14-16-32)17-20-10-7-6-9-19(20)2/h6-12H,5,13-18H2,1-4H3,(H2,30,33,34). The Hall–Kier alpha value is -3.82. The van der Waals surface area contributed by atoms with Gasteiger partial charge in [0.15, 0.2) is 0 Å². The minimum Gasteiger partial charge on any atom is -0.506 e. The van der Waals surface area contributed by atoms with Gasteiger partial charge in [0.2, 0.25) is 0 Å². The Bertz CT molecular complexity index is 1320. The number of aryl methyl sites for hydroxylation is 1. The molecule has 0 unspecified atom stereocenters. The van der Waals surface area contributed by atoms with Gasteiger partial charge in [0.25, 0.3) is 11.5 Å². The van der Waals surface area contributed by atoms with Crippen molar-refractivity contribution in [2.45, 2.75) is 27.0 Å². The Kier molecular flexibility index (Phi) is 8.70. The molecule has 2 aromatic carbocycles. The predicted molar refractivity (Wildman–Crippen MR) is 145 cm³/mol. The molecule has 0 aliphatic carbocycles. The van der Waals surface area contributed by atoms with Crippen molar-refractivity contribution in [2.75, 3.05) is 47.0 Å². The van der Waals surface area contributed by atoms with Gasteiger partial charge >= 0.3 is 0 Å². The van der Waals surface area contributed by atoms with E-state index < -0.39 is 17.2 Å². The number of aromatic nitrogens is 1. The highest BCUT2D eigenvalue weighted by Gasteiger charge is 2.31. The van der Waals surface area contributed by atoms with Crippen LogP contribution in [-0.4, -0.2) is 72.8 Å². The molecule has 1 saturated heterocycles. The summed E-state index contributed by atoms with van der Waals surface area (Å²) < 4.78 is 16.7. The summed E-state index contributed by atoms with van der Waals surface area (Å²) in [4.78, 5) is 33.4. The Morgan fingerprint density at radius 1 is 0.974 bits per heavy atom. The van der Waals surface area contributed by atoms with Gasteiger partial charge in [-0.3, -0.25) is 14.5 Å². The largest absolute Gasteiger partial charge is 0.506 e. The van der Waals surface area contributed by atoms with E-state index in [9.17, 15) is 14.7 Å². The van der Waals surface area contributed by atoms with Crippen LogP contribution in [0.4, 0.5) is 0 Å². The van der Waals surface area contributed by atoms with Crippen LogP contribution in [-0.2, 0) is 17.9 Å². The molecule has 0 radical (unpaired) electrons. The van der Waals surface area contributed by atoms with Crippen molar-refractivity contribution in [3.8, 4) is 28.4 Å². The second-order valence-electron chi connectivity index (χ2n) is 9.20. The number of carbonyl (C=O) groups excluding carboxylic acids is 1. The second-order valence-corrected chi connectivity index (χ2v) is 9.20. The molecule has 9 nitrogen and oxygen atoms in total. The third-order valence-corrected chi connectivity index (χ3v) is 6.92. The maximum absolute atomic E-state index is 13.6. The number of nitrogens with zero attached hydrogens (tertiary/aromatic N) is 2. The smallest absolute Gasteiger partial charge is 0.264 e. The lowest BCUT2D eigenvalue weighted by Crippen LogP contribution is -2.49. The van der Waals surface area contributed by atoms with E-state index in [2.05, 4.69) is 28.9 Å². The zero-order valence-corrected chi connectivity index (χ0v) is 22.4. The number of rotatable bonds is 9. The third-order valence-electron chi connectivity index (χ3n) is 6.92. The molecule has 1 aliphatic rings. The van der Waals surface area contributed by atoms with Crippen molar-refractivity contribution in [3.05, 3.63) is 75.2 Å². The van der Waals surface area contributed by atoms with Crippen molar-refractivity contribution < 1.29 is 24.1 Å². The summed E-state index contributed by atoms with van der Waals surface area (Å²) in [5.41, 5.74) is 2.52. The van der Waals surface area contributed by atoms with Crippen molar-refractivity contribution in [1.82, 2.24) is 14.8 Å². The zero-order chi connectivity index (χ0) is 27.2. The number of hydrogen-bond acceptors (Lipinski definition) is 7. The minimum absolute atomic E-state index is 0.0296. The fourth-order valence-electron chi connectivity index (χ4n) is 4.81. The van der Waals surface area contributed by atoms with Gasteiger partial charge in [-0.05, 0) is 37.1 Å². The van der Waals surface area contributed by atoms with E-state index in [1.807, 2.05) is 19.1 Å². The van der Waals surface area contributed by atoms with Crippen LogP contribution in [0.25, 0.3) is 11.1 Å². The summed E-state index contributed by atoms with van der Waals surface area (Å²) in [7, 11) is 3.01. The molecular formula is C29H35N3O6. The number of aromatic hydroxyl groups is 1. The maximum Gasteiger partial charge on any atom is 0.264 e. The third kappa shape index (κ3) is 5.54. The summed E-state index contributed by atoms with van der Waals surface area (Å²) in [5.74, 6) is -0.0868. The summed E-state index contributed by atoms with van der Waals surface area (Å²) >= 11 is 0. The summed E-state index contributed by atoms with van der Waals surface area (Å²) in [6, 6.07) is 13.5. The van der Waals surface area contributed by atoms with E-state index in [1.54, 1.807) is 23.1 Å². The number of carbonyl (C=O) groups is 1. The van der Waals surface area contributed by atoms with Gasteiger partial charge in [-0.15, -0.1) is 0 Å². The Morgan fingerprint density at radius 2 is 1.63 bits per heavy atom. The number of nitrogens with one attached hydrogen (secondary N) is 1. The van der Waals surface area contributed by atoms with Crippen LogP contribution in [0.1, 0.15) is 34.1 Å². The molecule has 0 saturated carbocycles. The van der Waals surface area contributed by atoms with Gasteiger partial charge in [-0.1, -0.05) is 30.3 Å². The van der Waals surface area contributed by atoms with E-state index in [0.717, 1.165) is 6.54 Å². The van der Waals surface area contributed by atoms with Gasteiger partial charge in [0.1, 0.15) is 22.8 Å². The highest BCUT2D eigenvalue weighted by Crippen LogP contribution is 2.44. The lowest BCUT2D eigenvalue weighted by Gasteiger charge is -2.35. The fraction of sp³-hybridized carbons (Fsp3) is 0.379. The van der Waals surface area contributed by atoms with E-state index in [4.69, 9.17) is 14.2 Å². The lowest BCUT2D eigenvalue weighted by atomic mass is 9.97. The normalized spacial score (nSPS) is 13.9. The highest BCUT2D eigenvalue weighted by molar-refractivity contribution is 6.00. The molecule has 2 heterocycles. The zero-order valence-electron chi connectivity index (χ0n) is 22.4. The predicted octanol–water partition coefficient (Wildman–Crippen LogP) is 3.57. The van der Waals surface area contributed by atoms with Gasteiger partial charge in [0.05, 0.1) is 37.6 Å². The number of amides is 1. The van der Waals surface area contributed by atoms with Gasteiger partial charge in [0, 0.05) is 39.3 Å². The van der Waals surface area contributed by atoms with Crippen LogP contribution in [0, 0.1) is 6.92 Å². The molecule has 4 rings (SSSR count). The molecule has 1 aromatic heterocycles. The van der Waals surface area contributed by atoms with Crippen LogP contribution in [0.15, 0.2) is 47.3 Å². The Morgan fingerprint density at radius 3 is 2.24 bits per heavy atom. The van der Waals surface area contributed by atoms with Crippen LogP contribution in [0.5, 0.6) is 17.2 Å². The van der Waals surface area contributed by atoms with Gasteiger partial charge < -0.3 is 29.2 Å². The number of methoxy groups -OCH3 is 2. The number of aromatic amines is 1. The number of piperazine rings is 1. The van der Waals surface area contributed by atoms with Crippen molar-refractivity contribution in [2.24, 2.45) is 0 Å². The topological polar surface area (TPSA) is 104 Å². The number of H-pyrrole nitrogens is 1. The molecule has 38 heavy (non-hydrogen) atoms. The Balaban J connectivity index is 1.67. The van der Waals surface area contributed by atoms with E-state index in [0.29, 0.717) is 55.5 Å². The van der Waals surface area contributed by atoms with Crippen LogP contribution < -0.4 is 15.0 Å². The highest BCUT2D eigenvalue weighted by atomic mass is 16.5. The first-order chi connectivity index (χ1) is 18.4. The molecule has 1 aliphatic heterocycles. The Labute approximate surface area is 222 Å². The number of benzene rings is 2. The molecule has 0 bridgehead atoms. The molecule has 9 heteroatoms.